The predicted molar refractivity (Wildman–Crippen MR) is 84.1 cm³/mol. The molecule has 1 unspecified atom stereocenters. The lowest BCUT2D eigenvalue weighted by atomic mass is 10.1. The molecule has 1 atom stereocenters. The van der Waals surface area contributed by atoms with E-state index in [2.05, 4.69) is 0 Å². The number of benzene rings is 1. The van der Waals surface area contributed by atoms with Crippen LogP contribution in [0.1, 0.15) is 37.3 Å². The quantitative estimate of drug-likeness (QED) is 0.798. The maximum Gasteiger partial charge on any atom is 0.324 e. The van der Waals surface area contributed by atoms with E-state index in [4.69, 9.17) is 4.74 Å². The Bertz CT molecular complexity index is 654. The third-order valence-corrected chi connectivity index (χ3v) is 5.99. The van der Waals surface area contributed by atoms with Crippen LogP contribution in [0.25, 0.3) is 0 Å². The highest BCUT2D eigenvalue weighted by molar-refractivity contribution is 7.89. The van der Waals surface area contributed by atoms with E-state index in [0.29, 0.717) is 18.5 Å². The highest BCUT2D eigenvalue weighted by Gasteiger charge is 2.39. The summed E-state index contributed by atoms with van der Waals surface area (Å²) in [5, 5.41) is 0. The minimum absolute atomic E-state index is 0.257. The van der Waals surface area contributed by atoms with Gasteiger partial charge >= 0.3 is 5.97 Å². The number of carbonyl (C=O) groups is 1. The first kappa shape index (κ1) is 17.0. The fourth-order valence-corrected chi connectivity index (χ4v) is 4.74. The molecule has 0 spiro atoms. The molecule has 1 heterocycles. The van der Waals surface area contributed by atoms with Gasteiger partial charge in [-0.1, -0.05) is 12.1 Å². The van der Waals surface area contributed by atoms with E-state index in [1.54, 1.807) is 26.0 Å². The van der Waals surface area contributed by atoms with Gasteiger partial charge < -0.3 is 4.74 Å². The third-order valence-electron chi connectivity index (χ3n) is 3.94. The van der Waals surface area contributed by atoms with Gasteiger partial charge in [-0.05, 0) is 57.2 Å². The van der Waals surface area contributed by atoms with Crippen LogP contribution in [-0.4, -0.2) is 37.9 Å². The van der Waals surface area contributed by atoms with E-state index >= 15 is 0 Å². The Balaban J connectivity index is 2.41. The van der Waals surface area contributed by atoms with Crippen LogP contribution in [0.2, 0.25) is 0 Å². The lowest BCUT2D eigenvalue weighted by molar-refractivity contribution is -0.148. The van der Waals surface area contributed by atoms with Crippen LogP contribution in [0, 0.1) is 13.8 Å². The largest absolute Gasteiger partial charge is 0.465 e. The van der Waals surface area contributed by atoms with Crippen LogP contribution in [0.3, 0.4) is 0 Å². The number of ether oxygens (including phenoxy) is 1. The molecule has 0 bridgehead atoms. The number of hydrogen-bond donors (Lipinski definition) is 0. The molecule has 0 saturated carbocycles. The fraction of sp³-hybridized carbons (Fsp3) is 0.562. The van der Waals surface area contributed by atoms with Gasteiger partial charge in [-0.2, -0.15) is 4.31 Å². The predicted octanol–water partition coefficient (Wildman–Crippen LogP) is 2.41. The fourth-order valence-electron chi connectivity index (χ4n) is 2.78. The summed E-state index contributed by atoms with van der Waals surface area (Å²) in [4.78, 5) is 12.4. The van der Waals surface area contributed by atoms with Gasteiger partial charge in [0.1, 0.15) is 6.04 Å². The van der Waals surface area contributed by atoms with Crippen LogP contribution in [-0.2, 0) is 19.6 Å². The normalized spacial score (nSPS) is 19.9. The first-order valence-electron chi connectivity index (χ1n) is 7.63. The van der Waals surface area contributed by atoms with Gasteiger partial charge in [-0.25, -0.2) is 8.42 Å². The summed E-state index contributed by atoms with van der Waals surface area (Å²) in [5.74, 6) is -0.448. The summed E-state index contributed by atoms with van der Waals surface area (Å²) in [6.07, 6.45) is 2.12. The molecule has 0 N–H and O–H groups in total. The number of esters is 1. The van der Waals surface area contributed by atoms with Gasteiger partial charge in [0, 0.05) is 6.54 Å². The summed E-state index contributed by atoms with van der Waals surface area (Å²) in [6, 6.07) is 4.64. The molecule has 6 heteroatoms. The highest BCUT2D eigenvalue weighted by Crippen LogP contribution is 2.28. The molecular weight excluding hydrogens is 302 g/mol. The number of nitrogens with zero attached hydrogens (tertiary/aromatic N) is 1. The number of carbonyl (C=O) groups excluding carboxylic acids is 1. The molecule has 1 fully saturated rings. The minimum Gasteiger partial charge on any atom is -0.465 e. The summed E-state index contributed by atoms with van der Waals surface area (Å²) in [6.45, 7) is 5.98. The number of sulfonamides is 1. The number of piperidine rings is 1. The monoisotopic (exact) mass is 325 g/mol. The van der Waals surface area contributed by atoms with Crippen LogP contribution in [0.5, 0.6) is 0 Å². The summed E-state index contributed by atoms with van der Waals surface area (Å²) in [7, 11) is -3.70. The molecule has 1 aliphatic heterocycles. The summed E-state index contributed by atoms with van der Waals surface area (Å²) >= 11 is 0. The van der Waals surface area contributed by atoms with Crippen molar-refractivity contribution >= 4 is 16.0 Å². The summed E-state index contributed by atoms with van der Waals surface area (Å²) < 4.78 is 32.4. The number of hydrogen-bond acceptors (Lipinski definition) is 4. The van der Waals surface area contributed by atoms with Crippen molar-refractivity contribution in [1.82, 2.24) is 4.31 Å². The molecule has 1 aromatic carbocycles. The lowest BCUT2D eigenvalue weighted by Crippen LogP contribution is -2.48. The van der Waals surface area contributed by atoms with E-state index in [0.717, 1.165) is 18.4 Å². The van der Waals surface area contributed by atoms with Crippen molar-refractivity contribution < 1.29 is 17.9 Å². The average Bonchev–Trinajstić information content (AvgIpc) is 2.50. The van der Waals surface area contributed by atoms with Gasteiger partial charge in [0.2, 0.25) is 10.0 Å². The molecule has 1 aromatic rings. The second-order valence-corrected chi connectivity index (χ2v) is 7.51. The van der Waals surface area contributed by atoms with Crippen LogP contribution in [0.15, 0.2) is 23.1 Å². The first-order chi connectivity index (χ1) is 10.4. The third kappa shape index (κ3) is 3.33. The minimum atomic E-state index is -3.70. The SMILES string of the molecule is CCOC(=O)C1CCCCN1S(=O)(=O)c1cc(C)ccc1C. The Labute approximate surface area is 132 Å². The van der Waals surface area contributed by atoms with Gasteiger partial charge in [-0.3, -0.25) is 4.79 Å². The van der Waals surface area contributed by atoms with E-state index < -0.39 is 22.0 Å². The first-order valence-corrected chi connectivity index (χ1v) is 9.07. The standard InChI is InChI=1S/C16H23NO4S/c1-4-21-16(18)14-7-5-6-10-17(14)22(19,20)15-11-12(2)8-9-13(15)3/h8-9,11,14H,4-7,10H2,1-3H3. The molecule has 0 aromatic heterocycles. The van der Waals surface area contributed by atoms with Crippen molar-refractivity contribution in [3.8, 4) is 0 Å². The molecule has 5 nitrogen and oxygen atoms in total. The van der Waals surface area contributed by atoms with Crippen molar-refractivity contribution in [1.29, 1.82) is 0 Å². The molecule has 0 radical (unpaired) electrons. The Morgan fingerprint density at radius 2 is 2.05 bits per heavy atom. The van der Waals surface area contributed by atoms with Crippen molar-refractivity contribution in [2.45, 2.75) is 51.0 Å². The second kappa shape index (κ2) is 6.79. The topological polar surface area (TPSA) is 63.7 Å². The number of rotatable bonds is 4. The van der Waals surface area contributed by atoms with E-state index in [-0.39, 0.29) is 11.5 Å². The van der Waals surface area contributed by atoms with E-state index in [1.807, 2.05) is 13.0 Å². The molecule has 1 aliphatic rings. The van der Waals surface area contributed by atoms with Gasteiger partial charge in [-0.15, -0.1) is 0 Å². The van der Waals surface area contributed by atoms with Gasteiger partial charge in [0.05, 0.1) is 11.5 Å². The molecule has 22 heavy (non-hydrogen) atoms. The maximum atomic E-state index is 13.0. The molecule has 1 saturated heterocycles. The van der Waals surface area contributed by atoms with E-state index in [1.165, 1.54) is 4.31 Å². The Hall–Kier alpha value is -1.40. The van der Waals surface area contributed by atoms with Gasteiger partial charge in [0.15, 0.2) is 0 Å². The molecule has 2 rings (SSSR count). The zero-order chi connectivity index (χ0) is 16.3. The highest BCUT2D eigenvalue weighted by atomic mass is 32.2. The molecular formula is C16H23NO4S. The Kier molecular flexibility index (Phi) is 5.24. The Morgan fingerprint density at radius 3 is 2.73 bits per heavy atom. The van der Waals surface area contributed by atoms with Crippen molar-refractivity contribution in [3.05, 3.63) is 29.3 Å². The van der Waals surface area contributed by atoms with E-state index in [9.17, 15) is 13.2 Å². The molecule has 122 valence electrons. The maximum absolute atomic E-state index is 13.0. The van der Waals surface area contributed by atoms with Crippen molar-refractivity contribution in [2.24, 2.45) is 0 Å². The summed E-state index contributed by atoms with van der Waals surface area (Å²) in [5.41, 5.74) is 1.58. The molecule has 0 aliphatic carbocycles. The van der Waals surface area contributed by atoms with Gasteiger partial charge in [0.25, 0.3) is 0 Å². The van der Waals surface area contributed by atoms with Crippen molar-refractivity contribution in [2.75, 3.05) is 13.2 Å². The van der Waals surface area contributed by atoms with Crippen LogP contribution < -0.4 is 0 Å². The van der Waals surface area contributed by atoms with Crippen LogP contribution in [0.4, 0.5) is 0 Å². The number of aryl methyl sites for hydroxylation is 2. The smallest absolute Gasteiger partial charge is 0.324 e. The lowest BCUT2D eigenvalue weighted by Gasteiger charge is -2.33. The zero-order valence-corrected chi connectivity index (χ0v) is 14.1. The Morgan fingerprint density at radius 1 is 1.32 bits per heavy atom. The average molecular weight is 325 g/mol. The zero-order valence-electron chi connectivity index (χ0n) is 13.3. The van der Waals surface area contributed by atoms with Crippen molar-refractivity contribution in [3.63, 3.8) is 0 Å². The molecule has 0 amide bonds. The van der Waals surface area contributed by atoms with Crippen LogP contribution >= 0.6 is 0 Å². The second-order valence-electron chi connectivity index (χ2n) is 5.65.